The van der Waals surface area contributed by atoms with Crippen LogP contribution in [0.1, 0.15) is 25.7 Å². The molecule has 4 heteroatoms. The molecule has 2 fully saturated rings. The second-order valence-electron chi connectivity index (χ2n) is 4.52. The van der Waals surface area contributed by atoms with Gasteiger partial charge in [0.25, 0.3) is 0 Å². The van der Waals surface area contributed by atoms with Gasteiger partial charge < -0.3 is 15.1 Å². The highest BCUT2D eigenvalue weighted by atomic mass is 16.4. The van der Waals surface area contributed by atoms with Crippen LogP contribution < -0.4 is 0 Å². The van der Waals surface area contributed by atoms with E-state index in [1.54, 1.807) is 7.05 Å². The van der Waals surface area contributed by atoms with Gasteiger partial charge in [-0.05, 0) is 31.1 Å². The first-order chi connectivity index (χ1) is 6.02. The van der Waals surface area contributed by atoms with Gasteiger partial charge in [0.05, 0.1) is 6.10 Å². The van der Waals surface area contributed by atoms with E-state index >= 15 is 0 Å². The van der Waals surface area contributed by atoms with Gasteiger partial charge in [-0.15, -0.1) is 0 Å². The second kappa shape index (κ2) is 2.61. The van der Waals surface area contributed by atoms with Crippen molar-refractivity contribution in [2.75, 3.05) is 7.05 Å². The lowest BCUT2D eigenvalue weighted by molar-refractivity contribution is -0.114. The predicted octanol–water partition coefficient (Wildman–Crippen LogP) is 0.900. The minimum absolute atomic E-state index is 0.129. The SMILES string of the molecule is CN(C(=O)O)C1CC2(CC(O)C2)C1. The van der Waals surface area contributed by atoms with Crippen LogP contribution >= 0.6 is 0 Å². The van der Waals surface area contributed by atoms with Crippen LogP contribution in [0.2, 0.25) is 0 Å². The van der Waals surface area contributed by atoms with Crippen molar-refractivity contribution >= 4 is 6.09 Å². The summed E-state index contributed by atoms with van der Waals surface area (Å²) in [5.41, 5.74) is 0.299. The number of nitrogens with zero attached hydrogens (tertiary/aromatic N) is 1. The molecule has 2 aliphatic carbocycles. The summed E-state index contributed by atoms with van der Waals surface area (Å²) < 4.78 is 0. The molecule has 4 nitrogen and oxygen atoms in total. The van der Waals surface area contributed by atoms with E-state index in [2.05, 4.69) is 0 Å². The molecule has 0 bridgehead atoms. The zero-order valence-corrected chi connectivity index (χ0v) is 7.73. The van der Waals surface area contributed by atoms with Crippen LogP contribution in [0, 0.1) is 5.41 Å². The summed E-state index contributed by atoms with van der Waals surface area (Å²) in [6, 6.07) is 0.185. The Morgan fingerprint density at radius 1 is 1.38 bits per heavy atom. The highest BCUT2D eigenvalue weighted by molar-refractivity contribution is 5.65. The molecule has 0 saturated heterocycles. The van der Waals surface area contributed by atoms with Gasteiger partial charge in [-0.2, -0.15) is 0 Å². The molecule has 2 rings (SSSR count). The maximum Gasteiger partial charge on any atom is 0.407 e. The molecule has 2 aliphatic rings. The van der Waals surface area contributed by atoms with Crippen molar-refractivity contribution in [2.45, 2.75) is 37.8 Å². The standard InChI is InChI=1S/C9H15NO3/c1-10(8(12)13)6-2-9(3-6)4-7(11)5-9/h6-7,11H,2-5H2,1H3,(H,12,13). The molecule has 13 heavy (non-hydrogen) atoms. The zero-order valence-electron chi connectivity index (χ0n) is 7.73. The van der Waals surface area contributed by atoms with Crippen LogP contribution in [0.25, 0.3) is 0 Å². The van der Waals surface area contributed by atoms with Gasteiger partial charge in [0.1, 0.15) is 0 Å². The predicted molar refractivity (Wildman–Crippen MR) is 46.5 cm³/mol. The number of hydrogen-bond acceptors (Lipinski definition) is 2. The largest absolute Gasteiger partial charge is 0.465 e. The molecule has 0 atom stereocenters. The Balaban J connectivity index is 1.82. The molecule has 74 valence electrons. The third kappa shape index (κ3) is 1.29. The molecule has 0 heterocycles. The summed E-state index contributed by atoms with van der Waals surface area (Å²) in [7, 11) is 1.62. The quantitative estimate of drug-likeness (QED) is 0.638. The Morgan fingerprint density at radius 3 is 2.31 bits per heavy atom. The van der Waals surface area contributed by atoms with E-state index in [9.17, 15) is 4.79 Å². The Labute approximate surface area is 77.2 Å². The summed E-state index contributed by atoms with van der Waals surface area (Å²) in [5, 5.41) is 17.9. The summed E-state index contributed by atoms with van der Waals surface area (Å²) in [6.07, 6.45) is 2.64. The second-order valence-corrected chi connectivity index (χ2v) is 4.52. The minimum atomic E-state index is -0.847. The normalized spacial score (nSPS) is 42.3. The minimum Gasteiger partial charge on any atom is -0.465 e. The van der Waals surface area contributed by atoms with E-state index in [1.165, 1.54) is 4.90 Å². The highest BCUT2D eigenvalue weighted by Gasteiger charge is 2.54. The highest BCUT2D eigenvalue weighted by Crippen LogP contribution is 2.56. The van der Waals surface area contributed by atoms with Crippen molar-refractivity contribution in [1.29, 1.82) is 0 Å². The number of amides is 1. The fourth-order valence-electron chi connectivity index (χ4n) is 2.64. The number of hydrogen-bond donors (Lipinski definition) is 2. The Morgan fingerprint density at radius 2 is 1.92 bits per heavy atom. The number of rotatable bonds is 1. The molecule has 2 saturated carbocycles. The van der Waals surface area contributed by atoms with E-state index in [-0.39, 0.29) is 12.1 Å². The Kier molecular flexibility index (Phi) is 1.77. The first kappa shape index (κ1) is 8.81. The molecular formula is C9H15NO3. The van der Waals surface area contributed by atoms with Gasteiger partial charge in [0.2, 0.25) is 0 Å². The number of aliphatic hydroxyl groups excluding tert-OH is 1. The number of carbonyl (C=O) groups is 1. The topological polar surface area (TPSA) is 60.8 Å². The molecule has 0 aromatic carbocycles. The fraction of sp³-hybridized carbons (Fsp3) is 0.889. The molecule has 0 aromatic heterocycles. The van der Waals surface area contributed by atoms with Crippen LogP contribution in [0.4, 0.5) is 4.79 Å². The van der Waals surface area contributed by atoms with E-state index < -0.39 is 6.09 Å². The van der Waals surface area contributed by atoms with Crippen LogP contribution in [0.15, 0.2) is 0 Å². The van der Waals surface area contributed by atoms with Crippen LogP contribution in [-0.2, 0) is 0 Å². The summed E-state index contributed by atoms with van der Waals surface area (Å²) in [5.74, 6) is 0. The van der Waals surface area contributed by atoms with E-state index in [4.69, 9.17) is 10.2 Å². The monoisotopic (exact) mass is 185 g/mol. The summed E-state index contributed by atoms with van der Waals surface area (Å²) >= 11 is 0. The van der Waals surface area contributed by atoms with Gasteiger partial charge >= 0.3 is 6.09 Å². The van der Waals surface area contributed by atoms with Crippen molar-refractivity contribution in [3.05, 3.63) is 0 Å². The first-order valence-electron chi connectivity index (χ1n) is 4.66. The molecule has 0 aromatic rings. The lowest BCUT2D eigenvalue weighted by atomic mass is 9.52. The molecule has 2 N–H and O–H groups in total. The third-order valence-electron chi connectivity index (χ3n) is 3.52. The van der Waals surface area contributed by atoms with Crippen molar-refractivity contribution in [2.24, 2.45) is 5.41 Å². The molecule has 0 unspecified atom stereocenters. The first-order valence-corrected chi connectivity index (χ1v) is 4.66. The van der Waals surface area contributed by atoms with Crippen LogP contribution in [-0.4, -0.2) is 40.4 Å². The maximum atomic E-state index is 10.6. The average molecular weight is 185 g/mol. The molecule has 0 radical (unpaired) electrons. The Bertz CT molecular complexity index is 227. The fourth-order valence-corrected chi connectivity index (χ4v) is 2.64. The van der Waals surface area contributed by atoms with Crippen molar-refractivity contribution < 1.29 is 15.0 Å². The number of aliphatic hydroxyl groups is 1. The van der Waals surface area contributed by atoms with E-state index in [1.807, 2.05) is 0 Å². The Hall–Kier alpha value is -0.770. The van der Waals surface area contributed by atoms with E-state index in [0.29, 0.717) is 5.41 Å². The van der Waals surface area contributed by atoms with Gasteiger partial charge in [0.15, 0.2) is 0 Å². The average Bonchev–Trinajstić information content (AvgIpc) is 1.92. The smallest absolute Gasteiger partial charge is 0.407 e. The lowest BCUT2D eigenvalue weighted by Gasteiger charge is -2.57. The van der Waals surface area contributed by atoms with Crippen LogP contribution in [0.5, 0.6) is 0 Å². The summed E-state index contributed by atoms with van der Waals surface area (Å²) in [6.45, 7) is 0. The van der Waals surface area contributed by atoms with Crippen molar-refractivity contribution in [1.82, 2.24) is 4.90 Å². The van der Waals surface area contributed by atoms with Crippen LogP contribution in [0.3, 0.4) is 0 Å². The molecular weight excluding hydrogens is 170 g/mol. The third-order valence-corrected chi connectivity index (χ3v) is 3.52. The van der Waals surface area contributed by atoms with Crippen molar-refractivity contribution in [3.63, 3.8) is 0 Å². The molecule has 0 aliphatic heterocycles. The van der Waals surface area contributed by atoms with Gasteiger partial charge in [-0.25, -0.2) is 4.79 Å². The van der Waals surface area contributed by atoms with E-state index in [0.717, 1.165) is 25.7 Å². The lowest BCUT2D eigenvalue weighted by Crippen LogP contribution is -2.57. The van der Waals surface area contributed by atoms with Gasteiger partial charge in [-0.1, -0.05) is 0 Å². The summed E-state index contributed by atoms with van der Waals surface area (Å²) in [4.78, 5) is 12.0. The number of carboxylic acid groups (broad SMARTS) is 1. The molecule has 1 amide bonds. The van der Waals surface area contributed by atoms with Gasteiger partial charge in [-0.3, -0.25) is 0 Å². The zero-order chi connectivity index (χ0) is 9.64. The maximum absolute atomic E-state index is 10.6. The molecule has 1 spiro atoms. The van der Waals surface area contributed by atoms with Crippen molar-refractivity contribution in [3.8, 4) is 0 Å². The van der Waals surface area contributed by atoms with Gasteiger partial charge in [0, 0.05) is 13.1 Å².